The van der Waals surface area contributed by atoms with E-state index in [1.54, 1.807) is 16.2 Å². The number of rotatable bonds is 4. The third-order valence-electron chi connectivity index (χ3n) is 4.67. The van der Waals surface area contributed by atoms with Crippen molar-refractivity contribution in [2.45, 2.75) is 39.0 Å². The molecule has 1 aliphatic heterocycles. The van der Waals surface area contributed by atoms with Gasteiger partial charge in [0.1, 0.15) is 0 Å². The second-order valence-electron chi connectivity index (χ2n) is 6.51. The molecular weight excluding hydrogens is 286 g/mol. The Labute approximate surface area is 128 Å². The van der Waals surface area contributed by atoms with Gasteiger partial charge in [0.15, 0.2) is 0 Å². The fourth-order valence-corrected chi connectivity index (χ4v) is 4.02. The van der Waals surface area contributed by atoms with Gasteiger partial charge in [-0.2, -0.15) is 0 Å². The van der Waals surface area contributed by atoms with E-state index in [4.69, 9.17) is 0 Å². The van der Waals surface area contributed by atoms with Crippen LogP contribution in [0.5, 0.6) is 0 Å². The summed E-state index contributed by atoms with van der Waals surface area (Å²) in [7, 11) is 0. The van der Waals surface area contributed by atoms with Crippen LogP contribution in [-0.2, 0) is 4.79 Å². The Morgan fingerprint density at radius 2 is 2.24 bits per heavy atom. The largest absolute Gasteiger partial charge is 0.481 e. The van der Waals surface area contributed by atoms with Crippen LogP contribution in [0.3, 0.4) is 0 Å². The minimum absolute atomic E-state index is 0.0135. The van der Waals surface area contributed by atoms with E-state index in [1.165, 1.54) is 0 Å². The first-order valence-electron chi connectivity index (χ1n) is 7.58. The Hall–Kier alpha value is -1.36. The van der Waals surface area contributed by atoms with Gasteiger partial charge in [0.05, 0.1) is 11.0 Å². The third kappa shape index (κ3) is 2.98. The predicted molar refractivity (Wildman–Crippen MR) is 81.6 cm³/mol. The quantitative estimate of drug-likeness (QED) is 0.929. The summed E-state index contributed by atoms with van der Waals surface area (Å²) in [4.78, 5) is 27.2. The number of carbonyl (C=O) groups excluding carboxylic acids is 1. The van der Waals surface area contributed by atoms with Crippen LogP contribution in [0.4, 0.5) is 0 Å². The van der Waals surface area contributed by atoms with Gasteiger partial charge in [-0.25, -0.2) is 0 Å². The lowest BCUT2D eigenvalue weighted by Gasteiger charge is -2.40. The highest BCUT2D eigenvalue weighted by Gasteiger charge is 2.46. The number of piperidine rings is 1. The maximum atomic E-state index is 12.6. The molecule has 2 heterocycles. The zero-order valence-electron chi connectivity index (χ0n) is 12.3. The Bertz CT molecular complexity index is 564. The zero-order valence-corrected chi connectivity index (χ0v) is 13.1. The van der Waals surface area contributed by atoms with Gasteiger partial charge >= 0.3 is 5.97 Å². The number of hydrogen-bond donors (Lipinski definition) is 1. The second kappa shape index (κ2) is 5.44. The Morgan fingerprint density at radius 1 is 1.48 bits per heavy atom. The number of likely N-dealkylation sites (tertiary alicyclic amines) is 1. The molecule has 0 aromatic carbocycles. The lowest BCUT2D eigenvalue weighted by atomic mass is 9.75. The minimum Gasteiger partial charge on any atom is -0.481 e. The molecule has 5 heteroatoms. The number of amides is 1. The molecule has 1 aromatic heterocycles. The molecule has 4 nitrogen and oxygen atoms in total. The standard InChI is InChI=1S/C16H21NO3S/c1-11-7-13(9-21-11)14(18)17-6-2-5-16(10-17,15(19)20)8-12-3-4-12/h7,9,12H,2-6,8,10H2,1H3,(H,19,20). The highest BCUT2D eigenvalue weighted by atomic mass is 32.1. The van der Waals surface area contributed by atoms with Crippen molar-refractivity contribution in [3.63, 3.8) is 0 Å². The summed E-state index contributed by atoms with van der Waals surface area (Å²) in [6, 6.07) is 1.89. The molecule has 21 heavy (non-hydrogen) atoms. The summed E-state index contributed by atoms with van der Waals surface area (Å²) in [5.74, 6) is -0.187. The topological polar surface area (TPSA) is 57.6 Å². The fourth-order valence-electron chi connectivity index (χ4n) is 3.35. The number of carbonyl (C=O) groups is 2. The van der Waals surface area contributed by atoms with Crippen LogP contribution in [0, 0.1) is 18.3 Å². The maximum absolute atomic E-state index is 12.6. The summed E-state index contributed by atoms with van der Waals surface area (Å²) in [6.45, 7) is 3.02. The molecule has 1 saturated carbocycles. The molecule has 2 fully saturated rings. The Kier molecular flexibility index (Phi) is 3.78. The van der Waals surface area contributed by atoms with E-state index in [0.717, 1.165) is 30.6 Å². The van der Waals surface area contributed by atoms with Crippen molar-refractivity contribution in [1.29, 1.82) is 0 Å². The smallest absolute Gasteiger partial charge is 0.311 e. The molecule has 1 aromatic rings. The van der Waals surface area contributed by atoms with Gasteiger partial charge in [-0.3, -0.25) is 9.59 Å². The van der Waals surface area contributed by atoms with Gasteiger partial charge in [-0.05, 0) is 38.2 Å². The first kappa shape index (κ1) is 14.6. The van der Waals surface area contributed by atoms with Gasteiger partial charge < -0.3 is 10.0 Å². The average Bonchev–Trinajstić information content (AvgIpc) is 3.16. The van der Waals surface area contributed by atoms with Crippen LogP contribution < -0.4 is 0 Å². The van der Waals surface area contributed by atoms with Crippen molar-refractivity contribution in [3.05, 3.63) is 21.9 Å². The van der Waals surface area contributed by atoms with E-state index in [1.807, 2.05) is 18.4 Å². The average molecular weight is 307 g/mol. The first-order chi connectivity index (χ1) is 10.00. The molecule has 1 aliphatic carbocycles. The summed E-state index contributed by atoms with van der Waals surface area (Å²) in [5, 5.41) is 11.6. The molecular formula is C16H21NO3S. The molecule has 1 atom stereocenters. The molecule has 1 unspecified atom stereocenters. The number of hydrogen-bond acceptors (Lipinski definition) is 3. The molecule has 0 spiro atoms. The van der Waals surface area contributed by atoms with Crippen molar-refractivity contribution >= 4 is 23.2 Å². The van der Waals surface area contributed by atoms with E-state index in [2.05, 4.69) is 0 Å². The Balaban J connectivity index is 1.77. The Morgan fingerprint density at radius 3 is 2.81 bits per heavy atom. The number of thiophene rings is 1. The van der Waals surface area contributed by atoms with Crippen molar-refractivity contribution in [2.24, 2.45) is 11.3 Å². The number of aliphatic carboxylic acids is 1. The van der Waals surface area contributed by atoms with E-state index in [-0.39, 0.29) is 5.91 Å². The van der Waals surface area contributed by atoms with Crippen molar-refractivity contribution in [2.75, 3.05) is 13.1 Å². The summed E-state index contributed by atoms with van der Waals surface area (Å²) < 4.78 is 0. The van der Waals surface area contributed by atoms with Crippen LogP contribution >= 0.6 is 11.3 Å². The number of carboxylic acid groups (broad SMARTS) is 1. The van der Waals surface area contributed by atoms with Crippen LogP contribution in [-0.4, -0.2) is 35.0 Å². The molecule has 0 radical (unpaired) electrons. The lowest BCUT2D eigenvalue weighted by Crippen LogP contribution is -2.50. The monoisotopic (exact) mass is 307 g/mol. The zero-order chi connectivity index (χ0) is 15.0. The third-order valence-corrected chi connectivity index (χ3v) is 5.53. The van der Waals surface area contributed by atoms with Crippen molar-refractivity contribution in [3.8, 4) is 0 Å². The van der Waals surface area contributed by atoms with Gasteiger partial charge in [0.25, 0.3) is 5.91 Å². The van der Waals surface area contributed by atoms with Crippen LogP contribution in [0.15, 0.2) is 11.4 Å². The molecule has 0 bridgehead atoms. The van der Waals surface area contributed by atoms with Crippen molar-refractivity contribution in [1.82, 2.24) is 4.90 Å². The van der Waals surface area contributed by atoms with E-state index in [0.29, 0.717) is 31.0 Å². The van der Waals surface area contributed by atoms with Gasteiger partial charge in [-0.15, -0.1) is 11.3 Å². The van der Waals surface area contributed by atoms with Crippen LogP contribution in [0.2, 0.25) is 0 Å². The normalized spacial score (nSPS) is 25.9. The van der Waals surface area contributed by atoms with Gasteiger partial charge in [-0.1, -0.05) is 12.8 Å². The van der Waals surface area contributed by atoms with Gasteiger partial charge in [0, 0.05) is 23.3 Å². The highest BCUT2D eigenvalue weighted by Crippen LogP contribution is 2.45. The lowest BCUT2D eigenvalue weighted by molar-refractivity contribution is -0.152. The maximum Gasteiger partial charge on any atom is 0.311 e. The van der Waals surface area contributed by atoms with Crippen LogP contribution in [0.25, 0.3) is 0 Å². The molecule has 2 aliphatic rings. The number of carboxylic acids is 1. The molecule has 1 saturated heterocycles. The van der Waals surface area contributed by atoms with Crippen LogP contribution in [0.1, 0.15) is 47.3 Å². The second-order valence-corrected chi connectivity index (χ2v) is 7.62. The predicted octanol–water partition coefficient (Wildman–Crippen LogP) is 3.16. The SMILES string of the molecule is Cc1cc(C(=O)N2CCCC(CC3CC3)(C(=O)O)C2)cs1. The molecule has 114 valence electrons. The van der Waals surface area contributed by atoms with E-state index < -0.39 is 11.4 Å². The van der Waals surface area contributed by atoms with Crippen molar-refractivity contribution < 1.29 is 14.7 Å². The molecule has 1 N–H and O–H groups in total. The summed E-state index contributed by atoms with van der Waals surface area (Å²) in [5.41, 5.74) is -0.0229. The van der Waals surface area contributed by atoms with E-state index in [9.17, 15) is 14.7 Å². The first-order valence-corrected chi connectivity index (χ1v) is 8.46. The van der Waals surface area contributed by atoms with Gasteiger partial charge in [0.2, 0.25) is 0 Å². The minimum atomic E-state index is -0.728. The number of aryl methyl sites for hydroxylation is 1. The fraction of sp³-hybridized carbons (Fsp3) is 0.625. The van der Waals surface area contributed by atoms with E-state index >= 15 is 0 Å². The highest BCUT2D eigenvalue weighted by molar-refractivity contribution is 7.10. The molecule has 1 amide bonds. The summed E-state index contributed by atoms with van der Waals surface area (Å²) >= 11 is 1.56. The number of nitrogens with zero attached hydrogens (tertiary/aromatic N) is 1. The molecule has 3 rings (SSSR count). The summed E-state index contributed by atoms with van der Waals surface area (Å²) in [6.07, 6.45) is 4.51.